The molecule has 0 aliphatic carbocycles. The van der Waals surface area contributed by atoms with Crippen LogP contribution in [-0.2, 0) is 24.2 Å². The van der Waals surface area contributed by atoms with E-state index in [1.54, 1.807) is 0 Å². The average Bonchev–Trinajstić information content (AvgIpc) is 2.72. The lowest BCUT2D eigenvalue weighted by molar-refractivity contribution is -0.387. The van der Waals surface area contributed by atoms with Crippen molar-refractivity contribution in [2.45, 2.75) is 11.3 Å². The monoisotopic (exact) mass is 467 g/mol. The third-order valence-electron chi connectivity index (χ3n) is 4.14. The summed E-state index contributed by atoms with van der Waals surface area (Å²) in [7, 11) is -3.92. The summed E-state index contributed by atoms with van der Waals surface area (Å²) in [5.41, 5.74) is 4.16. The van der Waals surface area contributed by atoms with Gasteiger partial charge in [-0.15, -0.1) is 0 Å². The van der Waals surface area contributed by atoms with Crippen LogP contribution in [0.4, 0.5) is 15.8 Å². The maximum absolute atomic E-state index is 13.2. The van der Waals surface area contributed by atoms with Crippen LogP contribution in [0.15, 0.2) is 47.4 Å². The predicted octanol–water partition coefficient (Wildman–Crippen LogP) is 1.20. The minimum Gasteiger partial charge on any atom is -0.452 e. The highest BCUT2D eigenvalue weighted by Gasteiger charge is 2.25. The van der Waals surface area contributed by atoms with Crippen LogP contribution in [0.5, 0.6) is 0 Å². The fourth-order valence-corrected chi connectivity index (χ4v) is 3.46. The molecule has 2 N–H and O–H groups in total. The molecule has 0 saturated heterocycles. The summed E-state index contributed by atoms with van der Waals surface area (Å²) >= 11 is 0. The molecule has 11 nitrogen and oxygen atoms in total. The SMILES string of the molecule is CS(=O)(=O)c1ccc(C(=O)OCC(=O)N(CCC(N)=O)c2ccc(F)cc2)cc1[N+](=O)[O-]. The number of benzene rings is 2. The summed E-state index contributed by atoms with van der Waals surface area (Å²) in [6.07, 6.45) is 0.568. The molecule has 0 bridgehead atoms. The summed E-state index contributed by atoms with van der Waals surface area (Å²) in [5, 5.41) is 11.2. The van der Waals surface area contributed by atoms with E-state index in [9.17, 15) is 37.3 Å². The van der Waals surface area contributed by atoms with E-state index >= 15 is 0 Å². The molecule has 0 aromatic heterocycles. The van der Waals surface area contributed by atoms with Gasteiger partial charge in [0.15, 0.2) is 16.4 Å². The largest absolute Gasteiger partial charge is 0.452 e. The third-order valence-corrected chi connectivity index (χ3v) is 5.28. The van der Waals surface area contributed by atoms with Crippen LogP contribution in [0, 0.1) is 15.9 Å². The number of carbonyl (C=O) groups is 3. The molecule has 0 fully saturated rings. The number of ether oxygens (including phenoxy) is 1. The molecule has 0 radical (unpaired) electrons. The zero-order chi connectivity index (χ0) is 24.1. The maximum atomic E-state index is 13.2. The van der Waals surface area contributed by atoms with Crippen LogP contribution in [-0.4, -0.2) is 50.5 Å². The first-order valence-corrected chi connectivity index (χ1v) is 10.8. The van der Waals surface area contributed by atoms with Crippen molar-refractivity contribution in [2.24, 2.45) is 5.73 Å². The Morgan fingerprint density at radius 3 is 2.31 bits per heavy atom. The molecular formula is C19H18FN3O8S. The molecule has 2 aromatic carbocycles. The molecule has 2 amide bonds. The van der Waals surface area contributed by atoms with E-state index in [4.69, 9.17) is 10.5 Å². The standard InChI is InChI=1S/C19H18FN3O8S/c1-32(29,30)16-7-2-12(10-15(16)23(27)28)19(26)31-11-18(25)22(9-8-17(21)24)14-5-3-13(20)4-6-14/h2-7,10H,8-9,11H2,1H3,(H2,21,24). The van der Waals surface area contributed by atoms with Crippen LogP contribution in [0.1, 0.15) is 16.8 Å². The molecule has 170 valence electrons. The molecule has 0 spiro atoms. The molecule has 0 aliphatic heterocycles. The topological polar surface area (TPSA) is 167 Å². The Kier molecular flexibility index (Phi) is 7.59. The Morgan fingerprint density at radius 1 is 1.16 bits per heavy atom. The van der Waals surface area contributed by atoms with E-state index in [1.165, 1.54) is 12.1 Å². The molecule has 2 aromatic rings. The number of hydrogen-bond donors (Lipinski definition) is 1. The van der Waals surface area contributed by atoms with Gasteiger partial charge in [0.05, 0.1) is 10.5 Å². The van der Waals surface area contributed by atoms with E-state index in [1.807, 2.05) is 0 Å². The number of amides is 2. The number of sulfone groups is 1. The lowest BCUT2D eigenvalue weighted by atomic mass is 10.2. The molecular weight excluding hydrogens is 449 g/mol. The molecule has 0 aliphatic rings. The van der Waals surface area contributed by atoms with Crippen molar-refractivity contribution in [3.63, 3.8) is 0 Å². The van der Waals surface area contributed by atoms with Gasteiger partial charge < -0.3 is 15.4 Å². The van der Waals surface area contributed by atoms with Crippen molar-refractivity contribution in [1.29, 1.82) is 0 Å². The zero-order valence-electron chi connectivity index (χ0n) is 16.7. The Balaban J connectivity index is 2.19. The Bertz CT molecular complexity index is 1170. The maximum Gasteiger partial charge on any atom is 0.338 e. The molecule has 0 unspecified atom stereocenters. The van der Waals surface area contributed by atoms with Crippen LogP contribution >= 0.6 is 0 Å². The van der Waals surface area contributed by atoms with Crippen molar-refractivity contribution in [3.8, 4) is 0 Å². The van der Waals surface area contributed by atoms with E-state index in [0.717, 1.165) is 41.5 Å². The number of nitrogens with zero attached hydrogens (tertiary/aromatic N) is 2. The van der Waals surface area contributed by atoms with Gasteiger partial charge in [0.25, 0.3) is 11.6 Å². The van der Waals surface area contributed by atoms with Gasteiger partial charge in [0.1, 0.15) is 10.7 Å². The lowest BCUT2D eigenvalue weighted by Crippen LogP contribution is -2.37. The summed E-state index contributed by atoms with van der Waals surface area (Å²) in [4.78, 5) is 46.6. The smallest absolute Gasteiger partial charge is 0.338 e. The van der Waals surface area contributed by atoms with Gasteiger partial charge in [0, 0.05) is 31.0 Å². The van der Waals surface area contributed by atoms with Crippen LogP contribution < -0.4 is 10.6 Å². The van der Waals surface area contributed by atoms with Crippen LogP contribution in [0.3, 0.4) is 0 Å². The number of nitro groups is 1. The van der Waals surface area contributed by atoms with Crippen molar-refractivity contribution < 1.29 is 36.9 Å². The number of esters is 1. The number of primary amides is 1. The highest BCUT2D eigenvalue weighted by Crippen LogP contribution is 2.25. The molecule has 32 heavy (non-hydrogen) atoms. The first-order chi connectivity index (χ1) is 14.9. The first-order valence-electron chi connectivity index (χ1n) is 8.90. The van der Waals surface area contributed by atoms with E-state index in [0.29, 0.717) is 0 Å². The van der Waals surface area contributed by atoms with E-state index < -0.39 is 55.6 Å². The van der Waals surface area contributed by atoms with E-state index in [2.05, 4.69) is 0 Å². The minimum absolute atomic E-state index is 0.161. The molecule has 0 saturated carbocycles. The van der Waals surface area contributed by atoms with Gasteiger partial charge in [-0.1, -0.05) is 0 Å². The molecule has 0 atom stereocenters. The van der Waals surface area contributed by atoms with Gasteiger partial charge in [-0.3, -0.25) is 19.7 Å². The summed E-state index contributed by atoms with van der Waals surface area (Å²) < 4.78 is 41.4. The normalized spacial score (nSPS) is 10.9. The number of halogens is 1. The van der Waals surface area contributed by atoms with Gasteiger partial charge in [-0.2, -0.15) is 0 Å². The Morgan fingerprint density at radius 2 is 1.78 bits per heavy atom. The van der Waals surface area contributed by atoms with Crippen molar-refractivity contribution in [1.82, 2.24) is 0 Å². The van der Waals surface area contributed by atoms with Gasteiger partial charge in [-0.25, -0.2) is 17.6 Å². The second-order valence-electron chi connectivity index (χ2n) is 6.53. The number of carbonyl (C=O) groups excluding carboxylic acids is 3. The van der Waals surface area contributed by atoms with Crippen molar-refractivity contribution in [3.05, 3.63) is 64.0 Å². The van der Waals surface area contributed by atoms with Gasteiger partial charge in [0.2, 0.25) is 5.91 Å². The number of hydrogen-bond acceptors (Lipinski definition) is 8. The van der Waals surface area contributed by atoms with Gasteiger partial charge in [-0.05, 0) is 36.4 Å². The molecule has 0 heterocycles. The van der Waals surface area contributed by atoms with Crippen molar-refractivity contribution >= 4 is 39.0 Å². The molecule has 13 heteroatoms. The van der Waals surface area contributed by atoms with E-state index in [-0.39, 0.29) is 24.2 Å². The number of nitro benzene ring substituents is 1. The number of anilines is 1. The second-order valence-corrected chi connectivity index (χ2v) is 8.51. The number of nitrogens with two attached hydrogens (primary N) is 1. The predicted molar refractivity (Wildman–Crippen MR) is 109 cm³/mol. The third kappa shape index (κ3) is 6.31. The minimum atomic E-state index is -3.92. The fourth-order valence-electron chi connectivity index (χ4n) is 2.63. The average molecular weight is 467 g/mol. The summed E-state index contributed by atoms with van der Waals surface area (Å²) in [5.74, 6) is -3.13. The summed E-state index contributed by atoms with van der Waals surface area (Å²) in [6.45, 7) is -0.970. The Hall–Kier alpha value is -3.87. The zero-order valence-corrected chi connectivity index (χ0v) is 17.5. The van der Waals surface area contributed by atoms with Crippen molar-refractivity contribution in [2.75, 3.05) is 24.3 Å². The molecule has 2 rings (SSSR count). The van der Waals surface area contributed by atoms with Crippen LogP contribution in [0.25, 0.3) is 0 Å². The van der Waals surface area contributed by atoms with Gasteiger partial charge >= 0.3 is 5.97 Å². The highest BCUT2D eigenvalue weighted by molar-refractivity contribution is 7.90. The quantitative estimate of drug-likeness (QED) is 0.326. The Labute approximate surface area is 181 Å². The first kappa shape index (κ1) is 24.4. The fraction of sp³-hybridized carbons (Fsp3) is 0.211. The summed E-state index contributed by atoms with van der Waals surface area (Å²) in [6, 6.07) is 7.38. The number of rotatable bonds is 9. The highest BCUT2D eigenvalue weighted by atomic mass is 32.2. The van der Waals surface area contributed by atoms with Crippen LogP contribution in [0.2, 0.25) is 0 Å². The lowest BCUT2D eigenvalue weighted by Gasteiger charge is -2.22. The second kappa shape index (κ2) is 9.96.